The molecule has 16 aromatic carbocycles. The van der Waals surface area contributed by atoms with Crippen LogP contribution >= 0.6 is 0 Å². The summed E-state index contributed by atoms with van der Waals surface area (Å²) in [6, 6.07) is 60.0. The van der Waals surface area contributed by atoms with Crippen molar-refractivity contribution in [3.05, 3.63) is 185 Å². The van der Waals surface area contributed by atoms with E-state index in [1.807, 2.05) is 24.3 Å². The number of benzene rings is 16. The van der Waals surface area contributed by atoms with E-state index in [0.29, 0.717) is 91.5 Å². The molecule has 0 fully saturated rings. The highest BCUT2D eigenvalue weighted by molar-refractivity contribution is 6.61. The van der Waals surface area contributed by atoms with Gasteiger partial charge >= 0.3 is 5.84 Å². The van der Waals surface area contributed by atoms with Crippen molar-refractivity contribution >= 4 is 135 Å². The van der Waals surface area contributed by atoms with Gasteiger partial charge in [-0.05, 0) is 282 Å². The molecule has 117 heavy (non-hydrogen) atoms. The van der Waals surface area contributed by atoms with Gasteiger partial charge in [0.25, 0.3) is 0 Å². The average molecular weight is 1570 g/mol. The van der Waals surface area contributed by atoms with E-state index in [2.05, 4.69) is 147 Å². The first-order valence-corrected chi connectivity index (χ1v) is 44.4. The van der Waals surface area contributed by atoms with Crippen molar-refractivity contribution in [3.63, 3.8) is 0 Å². The highest BCUT2D eigenvalue weighted by atomic mass is 16.6. The van der Waals surface area contributed by atoms with Crippen molar-refractivity contribution in [1.29, 1.82) is 0 Å². The Hall–Kier alpha value is -9.21. The molecule has 16 aromatic rings. The molecule has 1 aliphatic rings. The topological polar surface area (TPSA) is 123 Å². The Morgan fingerprint density at radius 2 is 0.607 bits per heavy atom. The van der Waals surface area contributed by atoms with Crippen LogP contribution in [0.1, 0.15) is 192 Å². The van der Waals surface area contributed by atoms with Gasteiger partial charge < -0.3 is 43.1 Å². The van der Waals surface area contributed by atoms with Gasteiger partial charge in [-0.25, -0.2) is 0 Å². The molecule has 0 aromatic heterocycles. The molecule has 12 nitrogen and oxygen atoms in total. The van der Waals surface area contributed by atoms with Crippen LogP contribution < -0.4 is 9.47 Å². The summed E-state index contributed by atoms with van der Waals surface area (Å²) in [4.78, 5) is 0. The smallest absolute Gasteiger partial charge is 0.316 e. The summed E-state index contributed by atoms with van der Waals surface area (Å²) in [6.45, 7) is 17.8. The van der Waals surface area contributed by atoms with E-state index >= 15 is 0 Å². The summed E-state index contributed by atoms with van der Waals surface area (Å²) in [5.41, 5.74) is 7.32. The maximum atomic E-state index is 13.2. The van der Waals surface area contributed by atoms with Crippen molar-refractivity contribution in [2.75, 3.05) is 86.4 Å². The molecule has 17 rings (SSSR count). The van der Waals surface area contributed by atoms with Crippen LogP contribution in [-0.4, -0.2) is 113 Å². The summed E-state index contributed by atoms with van der Waals surface area (Å²) in [7, 11) is 1.68. The minimum Gasteiger partial charge on any atom is -0.714 e. The van der Waals surface area contributed by atoms with Crippen LogP contribution in [0.2, 0.25) is 0 Å². The fraction of sp³-hybridized carbons (Fsp3) is 0.419. The third-order valence-corrected chi connectivity index (χ3v) is 26.5. The summed E-state index contributed by atoms with van der Waals surface area (Å²) in [5.74, 6) is 1.73. The third kappa shape index (κ3) is 15.5. The molecule has 0 saturated heterocycles. The van der Waals surface area contributed by atoms with Crippen molar-refractivity contribution in [1.82, 2.24) is 5.06 Å². The van der Waals surface area contributed by atoms with Crippen LogP contribution in [0.15, 0.2) is 158 Å². The largest absolute Gasteiger partial charge is 0.714 e. The lowest BCUT2D eigenvalue weighted by Gasteiger charge is -2.32. The van der Waals surface area contributed by atoms with Gasteiger partial charge in [-0.3, -0.25) is 4.74 Å². The zero-order valence-electron chi connectivity index (χ0n) is 70.2. The van der Waals surface area contributed by atoms with E-state index in [-0.39, 0.29) is 5.84 Å². The number of unbranched alkanes of at least 4 members (excludes halogenated alkanes) is 18. The molecule has 0 saturated carbocycles. The number of aryl methyl sites for hydroxylation is 2. The standard InChI is InChI=1S/C105H117N2O10/c1-8-10-12-14-16-18-20-22-24-26-30-70-60-83-79-32-28-34-81-87-64-75(72-40-44-77(45-41-72)116-58-56-113-52-50-111-49-48-110-7)66-89-90-67-76(73-42-46-78(47-43-73)117-59-57-114-53-51-112-54-55-115-68-69-36-38-74(39-37-69)103-106(108)104(3,4)105(5,6)107(103)109)65-88-82-35-29-33-80-84-61-71(31-27-25-23-21-19-17-15-13-11-9-2)63-86-85(62-70)93(83)99-97(91(79)81)101(95(87)89)102(96(88)90)98(92(80)82)100(99)94(84)86/h28-29,32-47,60-67H,8-27,30-31,48-59,68H2,1-7H3. The Balaban J connectivity index is 0.703. The Kier molecular flexibility index (Phi) is 24.5. The molecule has 0 N–H and O–H groups in total. The first kappa shape index (κ1) is 80.2. The van der Waals surface area contributed by atoms with Crippen LogP contribution in [0.5, 0.6) is 11.5 Å². The van der Waals surface area contributed by atoms with Gasteiger partial charge in [0.1, 0.15) is 30.3 Å². The summed E-state index contributed by atoms with van der Waals surface area (Å²) >= 11 is 0. The molecule has 0 atom stereocenters. The Morgan fingerprint density at radius 3 is 0.957 bits per heavy atom. The Morgan fingerprint density at radius 1 is 0.308 bits per heavy atom. The van der Waals surface area contributed by atoms with Crippen molar-refractivity contribution in [2.45, 2.75) is 200 Å². The minimum atomic E-state index is -0.870. The number of hydroxylamine groups is 3. The van der Waals surface area contributed by atoms with E-state index < -0.39 is 11.1 Å². The highest BCUT2D eigenvalue weighted by Gasteiger charge is 2.60. The first-order chi connectivity index (χ1) is 57.4. The SMILES string of the molecule is CCCCCCCCCCCCc1cc2c3cccc4c5cc(-c6ccc(OCCOCCOCCOC)cc6)cc6c7cc(-c8ccc(OCCOCCOCCOCc9ccc(C%10=[N+]([O-])C(C)(C)C(C)(C)N%10[O])cc9)cc8)cc8c9cccc%10c%11cc(CCCCCCCCCCCC)cc%12c(c1)c2c1c(c34)c(c56)c(c87)c(c%109)c1c%11%12. The lowest BCUT2D eigenvalue weighted by atomic mass is 9.72. The quantitative estimate of drug-likeness (QED) is 0.0120. The molecule has 607 valence electrons. The number of fused-ring (bicyclic) bond motifs is 6. The van der Waals surface area contributed by atoms with Crippen LogP contribution in [0, 0.1) is 5.21 Å². The number of nitrogens with zero attached hydrogens (tertiary/aromatic N) is 2. The lowest BCUT2D eigenvalue weighted by Crippen LogP contribution is -2.53. The molecule has 0 amide bonds. The lowest BCUT2D eigenvalue weighted by molar-refractivity contribution is -0.539. The fourth-order valence-corrected chi connectivity index (χ4v) is 19.6. The second-order valence-corrected chi connectivity index (χ2v) is 34.6. The third-order valence-electron chi connectivity index (χ3n) is 26.5. The predicted octanol–water partition coefficient (Wildman–Crippen LogP) is 26.6. The molecular weight excluding hydrogens is 1450 g/mol. The van der Waals surface area contributed by atoms with Gasteiger partial charge in [0.15, 0.2) is 5.54 Å². The number of ether oxygens (including phenoxy) is 8. The van der Waals surface area contributed by atoms with Gasteiger partial charge in [0.05, 0.1) is 78.2 Å². The number of methoxy groups -OCH3 is 1. The second-order valence-electron chi connectivity index (χ2n) is 34.6. The zero-order valence-corrected chi connectivity index (χ0v) is 70.2. The van der Waals surface area contributed by atoms with Gasteiger partial charge in [-0.1, -0.05) is 232 Å². The molecule has 12 heteroatoms. The number of hydrogen-bond acceptors (Lipinski definition) is 10. The van der Waals surface area contributed by atoms with Crippen molar-refractivity contribution in [3.8, 4) is 33.8 Å². The van der Waals surface area contributed by atoms with Crippen LogP contribution in [0.4, 0.5) is 0 Å². The van der Waals surface area contributed by atoms with E-state index in [1.54, 1.807) is 34.8 Å². The van der Waals surface area contributed by atoms with Gasteiger partial charge in [0.2, 0.25) is 0 Å². The predicted molar refractivity (Wildman–Crippen MR) is 486 cm³/mol. The van der Waals surface area contributed by atoms with Crippen molar-refractivity contribution in [2.24, 2.45) is 0 Å². The van der Waals surface area contributed by atoms with Crippen LogP contribution in [-0.2, 0) is 53.1 Å². The van der Waals surface area contributed by atoms with Gasteiger partial charge in [0, 0.05) is 12.3 Å². The number of amidine groups is 1. The molecule has 1 heterocycles. The zero-order chi connectivity index (χ0) is 80.2. The van der Waals surface area contributed by atoms with Crippen molar-refractivity contribution < 1.29 is 47.8 Å². The summed E-state index contributed by atoms with van der Waals surface area (Å²) in [5, 5.41) is 60.2. The number of rotatable bonds is 47. The monoisotopic (exact) mass is 1570 g/mol. The van der Waals surface area contributed by atoms with Crippen LogP contribution in [0.25, 0.3) is 152 Å². The van der Waals surface area contributed by atoms with E-state index in [4.69, 9.17) is 37.9 Å². The van der Waals surface area contributed by atoms with Gasteiger partial charge in [-0.2, -0.15) is 0 Å². The fourth-order valence-electron chi connectivity index (χ4n) is 19.6. The summed E-state index contributed by atoms with van der Waals surface area (Å²) < 4.78 is 47.9. The maximum Gasteiger partial charge on any atom is 0.316 e. The molecule has 0 unspecified atom stereocenters. The highest BCUT2D eigenvalue weighted by Crippen LogP contribution is 2.61. The van der Waals surface area contributed by atoms with E-state index in [9.17, 15) is 10.4 Å². The Labute approximate surface area is 689 Å². The molecule has 0 bridgehead atoms. The van der Waals surface area contributed by atoms with E-state index in [1.165, 1.54) is 274 Å². The maximum absolute atomic E-state index is 13.2. The average Bonchev–Trinajstić information content (AvgIpc) is 1.02. The van der Waals surface area contributed by atoms with Crippen LogP contribution in [0.3, 0.4) is 0 Å². The second kappa shape index (κ2) is 35.8. The molecular formula is C105H117N2O10. The minimum absolute atomic E-state index is 0.133. The first-order valence-electron chi connectivity index (χ1n) is 44.4. The number of hydrogen-bond donors (Lipinski definition) is 0. The molecule has 1 radical (unpaired) electrons. The molecule has 1 aliphatic heterocycles. The summed E-state index contributed by atoms with van der Waals surface area (Å²) in [6.07, 6.45) is 28.7. The van der Waals surface area contributed by atoms with E-state index in [0.717, 1.165) is 56.4 Å². The van der Waals surface area contributed by atoms with Gasteiger partial charge in [-0.15, -0.1) is 0 Å². The molecule has 0 aliphatic carbocycles. The Bertz CT molecular complexity index is 5980. The molecule has 0 spiro atoms. The normalized spacial score (nSPS) is 14.1.